The SMILES string of the molecule is O=CO/C=C(/F)C(=O)O. The highest BCUT2D eigenvalue weighted by Crippen LogP contribution is 1.93. The third-order valence-corrected chi connectivity index (χ3v) is 0.431. The van der Waals surface area contributed by atoms with Crippen molar-refractivity contribution in [2.45, 2.75) is 0 Å². The Morgan fingerprint density at radius 2 is 2.22 bits per heavy atom. The molecule has 0 aromatic rings. The number of aliphatic carboxylic acids is 1. The van der Waals surface area contributed by atoms with Crippen molar-refractivity contribution in [1.29, 1.82) is 0 Å². The number of carboxylic acids is 1. The first-order chi connectivity index (χ1) is 4.18. The minimum absolute atomic E-state index is 0.0808. The lowest BCUT2D eigenvalue weighted by molar-refractivity contribution is -0.134. The maximum atomic E-state index is 11.7. The molecule has 5 heteroatoms. The van der Waals surface area contributed by atoms with Crippen molar-refractivity contribution in [2.75, 3.05) is 0 Å². The van der Waals surface area contributed by atoms with Gasteiger partial charge in [-0.25, -0.2) is 4.79 Å². The van der Waals surface area contributed by atoms with E-state index in [1.807, 2.05) is 0 Å². The third-order valence-electron chi connectivity index (χ3n) is 0.431. The average Bonchev–Trinajstić information content (AvgIpc) is 1.82. The summed E-state index contributed by atoms with van der Waals surface area (Å²) in [5.74, 6) is -3.28. The van der Waals surface area contributed by atoms with Crippen LogP contribution in [0.4, 0.5) is 4.39 Å². The summed E-state index contributed by atoms with van der Waals surface area (Å²) >= 11 is 0. The highest BCUT2D eigenvalue weighted by molar-refractivity contribution is 5.83. The van der Waals surface area contributed by atoms with Crippen LogP contribution < -0.4 is 0 Å². The molecule has 4 nitrogen and oxygen atoms in total. The van der Waals surface area contributed by atoms with Gasteiger partial charge in [0, 0.05) is 0 Å². The molecule has 0 aromatic carbocycles. The Hall–Kier alpha value is -1.39. The molecule has 0 saturated carbocycles. The molecule has 0 bridgehead atoms. The summed E-state index contributed by atoms with van der Waals surface area (Å²) in [6, 6.07) is 0. The summed E-state index contributed by atoms with van der Waals surface area (Å²) in [6.45, 7) is -0.0808. The van der Waals surface area contributed by atoms with Crippen molar-refractivity contribution in [1.82, 2.24) is 0 Å². The fourth-order valence-electron chi connectivity index (χ4n) is 0.138. The van der Waals surface area contributed by atoms with Gasteiger partial charge in [0.1, 0.15) is 6.26 Å². The van der Waals surface area contributed by atoms with E-state index in [2.05, 4.69) is 4.74 Å². The standard InChI is InChI=1S/C4H3FO4/c5-3(4(7)8)1-9-2-6/h1-2H,(H,7,8)/b3-1+. The van der Waals surface area contributed by atoms with Gasteiger partial charge in [0.25, 0.3) is 6.47 Å². The van der Waals surface area contributed by atoms with Crippen molar-refractivity contribution < 1.29 is 23.8 Å². The maximum absolute atomic E-state index is 11.7. The van der Waals surface area contributed by atoms with Crippen molar-refractivity contribution in [2.24, 2.45) is 0 Å². The lowest BCUT2D eigenvalue weighted by Gasteiger charge is -1.84. The van der Waals surface area contributed by atoms with Crippen LogP contribution in [0.3, 0.4) is 0 Å². The summed E-state index contributed by atoms with van der Waals surface area (Å²) in [5.41, 5.74) is 0. The number of halogens is 1. The second-order valence-corrected chi connectivity index (χ2v) is 1.00. The number of ether oxygens (including phenoxy) is 1. The molecule has 9 heavy (non-hydrogen) atoms. The molecule has 0 aromatic heterocycles. The molecule has 0 aliphatic heterocycles. The summed E-state index contributed by atoms with van der Waals surface area (Å²) in [7, 11) is 0. The van der Waals surface area contributed by atoms with Crippen LogP contribution >= 0.6 is 0 Å². The fraction of sp³-hybridized carbons (Fsp3) is 0. The molecule has 0 spiro atoms. The van der Waals surface area contributed by atoms with Crippen LogP contribution in [0.1, 0.15) is 0 Å². The van der Waals surface area contributed by atoms with Gasteiger partial charge < -0.3 is 9.84 Å². The van der Waals surface area contributed by atoms with E-state index in [0.717, 1.165) is 0 Å². The van der Waals surface area contributed by atoms with E-state index >= 15 is 0 Å². The molecule has 0 aliphatic carbocycles. The molecule has 0 heterocycles. The van der Waals surface area contributed by atoms with Crippen LogP contribution in [0.2, 0.25) is 0 Å². The molecule has 0 aliphatic rings. The maximum Gasteiger partial charge on any atom is 0.368 e. The number of rotatable bonds is 3. The molecule has 0 radical (unpaired) electrons. The second-order valence-electron chi connectivity index (χ2n) is 1.00. The first-order valence-corrected chi connectivity index (χ1v) is 1.86. The molecule has 0 unspecified atom stereocenters. The van der Waals surface area contributed by atoms with E-state index in [4.69, 9.17) is 5.11 Å². The molecule has 0 saturated heterocycles. The van der Waals surface area contributed by atoms with Crippen molar-refractivity contribution in [3.05, 3.63) is 12.1 Å². The van der Waals surface area contributed by atoms with Crippen molar-refractivity contribution >= 4 is 12.4 Å². The second kappa shape index (κ2) is 3.59. The highest BCUT2D eigenvalue weighted by atomic mass is 19.1. The van der Waals surface area contributed by atoms with Gasteiger partial charge in [-0.2, -0.15) is 4.39 Å². The molecule has 50 valence electrons. The van der Waals surface area contributed by atoms with Crippen LogP contribution in [0.5, 0.6) is 0 Å². The van der Waals surface area contributed by atoms with E-state index in [-0.39, 0.29) is 12.7 Å². The molecular weight excluding hydrogens is 131 g/mol. The number of hydrogen-bond acceptors (Lipinski definition) is 3. The van der Waals surface area contributed by atoms with Crippen LogP contribution in [-0.4, -0.2) is 17.5 Å². The Morgan fingerprint density at radius 3 is 2.56 bits per heavy atom. The summed E-state index contributed by atoms with van der Waals surface area (Å²) in [6.07, 6.45) is 0.204. The third kappa shape index (κ3) is 3.22. The van der Waals surface area contributed by atoms with Crippen LogP contribution in [0.25, 0.3) is 0 Å². The van der Waals surface area contributed by atoms with Crippen LogP contribution in [0, 0.1) is 0 Å². The van der Waals surface area contributed by atoms with Crippen molar-refractivity contribution in [3.8, 4) is 0 Å². The zero-order valence-electron chi connectivity index (χ0n) is 4.20. The minimum Gasteiger partial charge on any atom is -0.476 e. The van der Waals surface area contributed by atoms with Crippen LogP contribution in [-0.2, 0) is 14.3 Å². The lowest BCUT2D eigenvalue weighted by Crippen LogP contribution is -1.94. The van der Waals surface area contributed by atoms with E-state index < -0.39 is 11.8 Å². The predicted octanol–water partition coefficient (Wildman–Crippen LogP) is 0.0549. The summed E-state index contributed by atoms with van der Waals surface area (Å²) in [4.78, 5) is 18.9. The van der Waals surface area contributed by atoms with Gasteiger partial charge in [0.05, 0.1) is 0 Å². The summed E-state index contributed by atoms with van der Waals surface area (Å²) < 4.78 is 15.3. The fourth-order valence-corrected chi connectivity index (χ4v) is 0.138. The normalized spacial score (nSPS) is 10.6. The molecule has 0 atom stereocenters. The molecule has 0 fully saturated rings. The van der Waals surface area contributed by atoms with Gasteiger partial charge in [0.2, 0.25) is 5.83 Å². The zero-order valence-corrected chi connectivity index (χ0v) is 4.20. The molecule has 1 N–H and O–H groups in total. The van der Waals surface area contributed by atoms with Crippen molar-refractivity contribution in [3.63, 3.8) is 0 Å². The number of carbonyl (C=O) groups is 2. The van der Waals surface area contributed by atoms with Gasteiger partial charge in [-0.1, -0.05) is 0 Å². The summed E-state index contributed by atoms with van der Waals surface area (Å²) in [5, 5.41) is 7.77. The first-order valence-electron chi connectivity index (χ1n) is 1.86. The Kier molecular flexibility index (Phi) is 3.04. The Morgan fingerprint density at radius 1 is 1.67 bits per heavy atom. The van der Waals surface area contributed by atoms with E-state index in [1.165, 1.54) is 0 Å². The van der Waals surface area contributed by atoms with Gasteiger partial charge >= 0.3 is 5.97 Å². The van der Waals surface area contributed by atoms with Gasteiger partial charge in [-0.05, 0) is 0 Å². The highest BCUT2D eigenvalue weighted by Gasteiger charge is 2.03. The average molecular weight is 134 g/mol. The number of hydrogen-bond donors (Lipinski definition) is 1. The van der Waals surface area contributed by atoms with Gasteiger partial charge in [0.15, 0.2) is 0 Å². The van der Waals surface area contributed by atoms with E-state index in [1.54, 1.807) is 0 Å². The Balaban J connectivity index is 3.83. The molecule has 0 amide bonds. The largest absolute Gasteiger partial charge is 0.476 e. The van der Waals surface area contributed by atoms with Gasteiger partial charge in [-0.15, -0.1) is 0 Å². The van der Waals surface area contributed by atoms with Gasteiger partial charge in [-0.3, -0.25) is 4.79 Å². The topological polar surface area (TPSA) is 63.6 Å². The Bertz CT molecular complexity index is 151. The minimum atomic E-state index is -1.77. The van der Waals surface area contributed by atoms with E-state index in [0.29, 0.717) is 0 Å². The number of carbonyl (C=O) groups excluding carboxylic acids is 1. The first kappa shape index (κ1) is 7.61. The molecular formula is C4H3FO4. The van der Waals surface area contributed by atoms with E-state index in [9.17, 15) is 14.0 Å². The smallest absolute Gasteiger partial charge is 0.368 e. The zero-order chi connectivity index (χ0) is 7.28. The predicted molar refractivity (Wildman–Crippen MR) is 24.0 cm³/mol. The molecule has 0 rings (SSSR count). The lowest BCUT2D eigenvalue weighted by atomic mass is 10.6. The quantitative estimate of drug-likeness (QED) is 0.336. The monoisotopic (exact) mass is 134 g/mol. The Labute approximate surface area is 49.5 Å². The van der Waals surface area contributed by atoms with Crippen LogP contribution in [0.15, 0.2) is 12.1 Å². The number of carboxylic acid groups (broad SMARTS) is 1.